The van der Waals surface area contributed by atoms with Crippen molar-refractivity contribution in [3.8, 4) is 0 Å². The van der Waals surface area contributed by atoms with Crippen LogP contribution in [0.2, 0.25) is 0 Å². The van der Waals surface area contributed by atoms with E-state index >= 15 is 0 Å². The summed E-state index contributed by atoms with van der Waals surface area (Å²) in [6, 6.07) is 52.2. The summed E-state index contributed by atoms with van der Waals surface area (Å²) in [6.45, 7) is 0. The van der Waals surface area contributed by atoms with Crippen LogP contribution in [0.5, 0.6) is 0 Å². The van der Waals surface area contributed by atoms with Crippen molar-refractivity contribution < 1.29 is 21.6 Å². The highest BCUT2D eigenvalue weighted by molar-refractivity contribution is 7.91. The molecule has 0 saturated carbocycles. The van der Waals surface area contributed by atoms with Crippen LogP contribution in [0.1, 0.15) is 11.1 Å². The number of nitrogens with zero attached hydrogens (tertiary/aromatic N) is 1. The molecule has 0 bridgehead atoms. The fourth-order valence-electron chi connectivity index (χ4n) is 4.22. The van der Waals surface area contributed by atoms with Gasteiger partial charge in [0.25, 0.3) is 0 Å². The monoisotopic (exact) mass is 551 g/mol. The van der Waals surface area contributed by atoms with Crippen molar-refractivity contribution in [2.45, 2.75) is 6.42 Å². The molecule has 0 atom stereocenters. The molecule has 0 spiro atoms. The number of hydrogen-bond donors (Lipinski definition) is 0. The molecule has 5 aromatic rings. The largest absolute Gasteiger partial charge is 1.00 e. The van der Waals surface area contributed by atoms with Crippen molar-refractivity contribution in [1.29, 1.82) is 0 Å². The second-order valence-corrected chi connectivity index (χ2v) is 11.2. The Balaban J connectivity index is 0.00000304. The predicted octanol–water partition coefficient (Wildman–Crippen LogP) is 3.56. The molecule has 0 aromatic heterocycles. The summed E-state index contributed by atoms with van der Waals surface area (Å²) < 4.78 is 6.88. The Hall–Kier alpha value is -3.52. The Morgan fingerprint density at radius 1 is 0.500 bits per heavy atom. The second kappa shape index (κ2) is 12.4. The Kier molecular flexibility index (Phi) is 8.84. The molecule has 36 heavy (non-hydrogen) atoms. The fourth-order valence-corrected chi connectivity index (χ4v) is 7.39. The van der Waals surface area contributed by atoms with Gasteiger partial charge in [-0.1, -0.05) is 115 Å². The average molecular weight is 552 g/mol. The van der Waals surface area contributed by atoms with Gasteiger partial charge in [0, 0.05) is 6.42 Å². The molecule has 5 rings (SSSR count). The molecule has 0 aliphatic rings. The van der Waals surface area contributed by atoms with E-state index in [2.05, 4.69) is 109 Å². The molecule has 0 heterocycles. The topological polar surface area (TPSA) is 21.6 Å². The van der Waals surface area contributed by atoms with Crippen molar-refractivity contribution in [2.75, 3.05) is 0 Å². The fraction of sp³-hybridized carbons (Fsp3) is 0.0312. The zero-order valence-corrected chi connectivity index (χ0v) is 22.3. The van der Waals surface area contributed by atoms with Crippen LogP contribution in [0.4, 0.5) is 0 Å². The van der Waals surface area contributed by atoms with Crippen molar-refractivity contribution in [3.63, 3.8) is 0 Å². The third kappa shape index (κ3) is 5.65. The first-order chi connectivity index (χ1) is 17.4. The van der Waals surface area contributed by atoms with Crippen LogP contribution in [0.15, 0.2) is 157 Å². The van der Waals surface area contributed by atoms with Crippen molar-refractivity contribution >= 4 is 29.1 Å². The first-order valence-electron chi connectivity index (χ1n) is 11.8. The Morgan fingerprint density at radius 3 is 1.28 bits per heavy atom. The molecule has 178 valence electrons. The lowest BCUT2D eigenvalue weighted by Crippen LogP contribution is -3.00. The van der Waals surface area contributed by atoms with Gasteiger partial charge in [0.2, 0.25) is 0 Å². The summed E-state index contributed by atoms with van der Waals surface area (Å²) >= 11 is 0. The molecule has 0 unspecified atom stereocenters. The van der Waals surface area contributed by atoms with E-state index in [0.29, 0.717) is 6.42 Å². The molecule has 5 aromatic carbocycles. The van der Waals surface area contributed by atoms with Gasteiger partial charge in [-0.15, -0.1) is 0 Å². The predicted molar refractivity (Wildman–Crippen MR) is 149 cm³/mol. The lowest BCUT2D eigenvalue weighted by molar-refractivity contribution is -0.00000720. The molecular weight excluding hydrogens is 525 g/mol. The van der Waals surface area contributed by atoms with Crippen LogP contribution >= 0.6 is 7.49 Å². The Morgan fingerprint density at radius 2 is 0.861 bits per heavy atom. The van der Waals surface area contributed by atoms with Gasteiger partial charge in [0.1, 0.15) is 15.9 Å². The van der Waals surface area contributed by atoms with E-state index in [1.54, 1.807) is 0 Å². The molecule has 0 saturated heterocycles. The van der Waals surface area contributed by atoms with Crippen molar-refractivity contribution in [1.82, 2.24) is 0 Å². The van der Waals surface area contributed by atoms with E-state index in [1.807, 2.05) is 42.5 Å². The van der Waals surface area contributed by atoms with Gasteiger partial charge in [-0.2, -0.15) is 0 Å². The number of hydrogen-bond acceptors (Lipinski definition) is 2. The molecule has 4 heteroatoms. The van der Waals surface area contributed by atoms with Crippen LogP contribution in [0, 0.1) is 0 Å². The van der Waals surface area contributed by atoms with Crippen LogP contribution < -0.4 is 32.9 Å². The van der Waals surface area contributed by atoms with Crippen LogP contribution in [-0.4, -0.2) is 5.71 Å². The molecule has 0 aliphatic heterocycles. The lowest BCUT2D eigenvalue weighted by Gasteiger charge is -2.23. The minimum Gasteiger partial charge on any atom is -1.00 e. The first-order valence-corrected chi connectivity index (χ1v) is 13.5. The third-order valence-electron chi connectivity index (χ3n) is 5.95. The molecule has 0 amide bonds. The molecule has 0 radical (unpaired) electrons. The summed E-state index contributed by atoms with van der Waals surface area (Å²) in [4.78, 5) is 0. The molecule has 0 aliphatic carbocycles. The van der Waals surface area contributed by atoms with E-state index in [1.165, 1.54) is 5.56 Å². The van der Waals surface area contributed by atoms with E-state index in [0.717, 1.165) is 27.2 Å². The molecular formula is C32H27BrNOP. The van der Waals surface area contributed by atoms with Gasteiger partial charge in [0.15, 0.2) is 0 Å². The maximum absolute atomic E-state index is 6.88. The number of rotatable bonds is 8. The highest BCUT2D eigenvalue weighted by atomic mass is 79.9. The summed E-state index contributed by atoms with van der Waals surface area (Å²) in [5, 5.41) is 8.35. The highest BCUT2D eigenvalue weighted by Gasteiger charge is 2.50. The zero-order valence-electron chi connectivity index (χ0n) is 19.8. The zero-order chi connectivity index (χ0) is 23.8. The van der Waals surface area contributed by atoms with E-state index in [9.17, 15) is 0 Å². The van der Waals surface area contributed by atoms with Gasteiger partial charge in [0.05, 0.1) is 5.71 Å². The minimum absolute atomic E-state index is 0. The second-order valence-electron chi connectivity index (χ2n) is 8.26. The maximum atomic E-state index is 6.88. The van der Waals surface area contributed by atoms with Gasteiger partial charge >= 0.3 is 7.49 Å². The summed E-state index contributed by atoms with van der Waals surface area (Å²) in [6.07, 6.45) is 0.684. The molecule has 0 fully saturated rings. The number of halogens is 1. The van der Waals surface area contributed by atoms with Gasteiger partial charge in [-0.25, -0.2) is 4.62 Å². The van der Waals surface area contributed by atoms with Crippen LogP contribution in [0.3, 0.4) is 0 Å². The van der Waals surface area contributed by atoms with Gasteiger partial charge in [-0.3, -0.25) is 0 Å². The normalized spacial score (nSPS) is 11.4. The van der Waals surface area contributed by atoms with Crippen molar-refractivity contribution in [3.05, 3.63) is 163 Å². The van der Waals surface area contributed by atoms with E-state index in [-0.39, 0.29) is 17.0 Å². The Labute approximate surface area is 224 Å². The van der Waals surface area contributed by atoms with Crippen molar-refractivity contribution in [2.24, 2.45) is 5.16 Å². The molecule has 0 N–H and O–H groups in total. The average Bonchev–Trinajstić information content (AvgIpc) is 2.95. The summed E-state index contributed by atoms with van der Waals surface area (Å²) in [5.41, 5.74) is 3.16. The number of benzene rings is 5. The standard InChI is InChI=1S/C32H27NOP.BrH/c1-6-16-27(17-7-1)26-32(28-18-8-2-9-19-28)33-34-35(29-20-10-3-11-21-29,30-22-12-4-13-23-30)31-24-14-5-15-25-31;/h1-25H,26H2;1H/q+1;/p-1/b33-32+;. The SMILES string of the molecule is [Br-].c1ccc(C/C(=N\O[P+](c2ccccc2)(c2ccccc2)c2ccccc2)c2ccccc2)cc1. The maximum Gasteiger partial charge on any atom is 0.319 e. The highest BCUT2D eigenvalue weighted by Crippen LogP contribution is 2.56. The molecule has 2 nitrogen and oxygen atoms in total. The number of oxime groups is 1. The van der Waals surface area contributed by atoms with Gasteiger partial charge < -0.3 is 17.0 Å². The Bertz CT molecular complexity index is 1270. The summed E-state index contributed by atoms with van der Waals surface area (Å²) in [7, 11) is -2.52. The van der Waals surface area contributed by atoms with E-state index < -0.39 is 7.49 Å². The van der Waals surface area contributed by atoms with Gasteiger partial charge in [-0.05, 0) is 52.7 Å². The summed E-state index contributed by atoms with van der Waals surface area (Å²) in [5.74, 6) is 0. The smallest absolute Gasteiger partial charge is 0.319 e. The van der Waals surface area contributed by atoms with Crippen LogP contribution in [0.25, 0.3) is 0 Å². The minimum atomic E-state index is -2.52. The van der Waals surface area contributed by atoms with Crippen LogP contribution in [-0.2, 0) is 11.0 Å². The first kappa shape index (κ1) is 25.6. The quantitative estimate of drug-likeness (QED) is 0.164. The lowest BCUT2D eigenvalue weighted by atomic mass is 10.0. The van der Waals surface area contributed by atoms with E-state index in [4.69, 9.17) is 9.78 Å². The third-order valence-corrected chi connectivity index (χ3v) is 9.36.